The average Bonchev–Trinajstić information content (AvgIpc) is 2.64. The Bertz CT molecular complexity index is 781. The van der Waals surface area contributed by atoms with Crippen LogP contribution in [0.4, 0.5) is 0 Å². The van der Waals surface area contributed by atoms with Gasteiger partial charge in [-0.1, -0.05) is 18.2 Å². The fraction of sp³-hybridized carbons (Fsp3) is 0.133. The first kappa shape index (κ1) is 10.8. The second kappa shape index (κ2) is 3.88. The number of rotatable bonds is 1. The van der Waals surface area contributed by atoms with Crippen LogP contribution >= 0.6 is 0 Å². The van der Waals surface area contributed by atoms with Gasteiger partial charge >= 0.3 is 5.69 Å². The number of aromatic nitrogens is 2. The van der Waals surface area contributed by atoms with Crippen molar-refractivity contribution in [1.29, 1.82) is 0 Å². The van der Waals surface area contributed by atoms with Gasteiger partial charge in [-0.15, -0.1) is 0 Å². The van der Waals surface area contributed by atoms with Gasteiger partial charge in [-0.25, -0.2) is 4.79 Å². The molecule has 0 radical (unpaired) electrons. The predicted octanol–water partition coefficient (Wildman–Crippen LogP) is 2.94. The Morgan fingerprint density at radius 3 is 2.56 bits per heavy atom. The molecule has 3 nitrogen and oxygen atoms in total. The monoisotopic (exact) mass is 238 g/mol. The molecule has 0 aliphatic rings. The van der Waals surface area contributed by atoms with Crippen LogP contribution in [-0.4, -0.2) is 9.55 Å². The lowest BCUT2D eigenvalue weighted by atomic mass is 10.2. The van der Waals surface area contributed by atoms with Crippen molar-refractivity contribution in [3.63, 3.8) is 0 Å². The van der Waals surface area contributed by atoms with Crippen molar-refractivity contribution in [3.05, 3.63) is 64.1 Å². The lowest BCUT2D eigenvalue weighted by Crippen LogP contribution is -2.14. The summed E-state index contributed by atoms with van der Waals surface area (Å²) in [4.78, 5) is 15.0. The van der Waals surface area contributed by atoms with Crippen LogP contribution in [0.1, 0.15) is 11.1 Å². The maximum Gasteiger partial charge on any atom is 0.331 e. The Hall–Kier alpha value is -2.29. The van der Waals surface area contributed by atoms with E-state index in [0.717, 1.165) is 27.8 Å². The van der Waals surface area contributed by atoms with Crippen LogP contribution < -0.4 is 5.69 Å². The number of fused-ring (bicyclic) bond motifs is 1. The van der Waals surface area contributed by atoms with E-state index in [0.29, 0.717) is 0 Å². The number of hydrogen-bond acceptors (Lipinski definition) is 1. The van der Waals surface area contributed by atoms with E-state index in [1.807, 2.05) is 56.3 Å². The summed E-state index contributed by atoms with van der Waals surface area (Å²) in [5.74, 6) is 0. The fourth-order valence-corrected chi connectivity index (χ4v) is 2.25. The van der Waals surface area contributed by atoms with E-state index < -0.39 is 0 Å². The SMILES string of the molecule is Cc1cccc(-n2c(=O)[nH]c3cc(C)ccc32)c1. The summed E-state index contributed by atoms with van der Waals surface area (Å²) in [5, 5.41) is 0. The first-order valence-electron chi connectivity index (χ1n) is 5.93. The summed E-state index contributed by atoms with van der Waals surface area (Å²) in [7, 11) is 0. The largest absolute Gasteiger partial charge is 0.331 e. The summed E-state index contributed by atoms with van der Waals surface area (Å²) in [6.07, 6.45) is 0. The van der Waals surface area contributed by atoms with E-state index in [4.69, 9.17) is 0 Å². The van der Waals surface area contributed by atoms with Gasteiger partial charge in [0.25, 0.3) is 0 Å². The molecule has 0 saturated carbocycles. The molecule has 0 aliphatic heterocycles. The zero-order valence-electron chi connectivity index (χ0n) is 10.4. The fourth-order valence-electron chi connectivity index (χ4n) is 2.25. The highest BCUT2D eigenvalue weighted by molar-refractivity contribution is 5.78. The van der Waals surface area contributed by atoms with E-state index in [2.05, 4.69) is 4.98 Å². The van der Waals surface area contributed by atoms with Gasteiger partial charge in [-0.05, 0) is 49.2 Å². The van der Waals surface area contributed by atoms with E-state index in [1.54, 1.807) is 4.57 Å². The summed E-state index contributed by atoms with van der Waals surface area (Å²) < 4.78 is 1.71. The van der Waals surface area contributed by atoms with Gasteiger partial charge in [0.05, 0.1) is 16.7 Å². The van der Waals surface area contributed by atoms with Crippen molar-refractivity contribution in [2.45, 2.75) is 13.8 Å². The Morgan fingerprint density at radius 1 is 1.00 bits per heavy atom. The van der Waals surface area contributed by atoms with Crippen LogP contribution in [0.5, 0.6) is 0 Å². The van der Waals surface area contributed by atoms with E-state index in [-0.39, 0.29) is 5.69 Å². The van der Waals surface area contributed by atoms with Crippen LogP contribution in [0.3, 0.4) is 0 Å². The first-order chi connectivity index (χ1) is 8.65. The van der Waals surface area contributed by atoms with Crippen molar-refractivity contribution in [3.8, 4) is 5.69 Å². The van der Waals surface area contributed by atoms with Crippen LogP contribution in [0.2, 0.25) is 0 Å². The number of aromatic amines is 1. The van der Waals surface area contributed by atoms with Crippen molar-refractivity contribution in [2.24, 2.45) is 0 Å². The van der Waals surface area contributed by atoms with Gasteiger partial charge in [0.15, 0.2) is 0 Å². The summed E-state index contributed by atoms with van der Waals surface area (Å²) in [6.45, 7) is 4.04. The van der Waals surface area contributed by atoms with Gasteiger partial charge in [-0.3, -0.25) is 4.57 Å². The highest BCUT2D eigenvalue weighted by Gasteiger charge is 2.08. The maximum absolute atomic E-state index is 12.1. The molecule has 3 aromatic rings. The van der Waals surface area contributed by atoms with Crippen LogP contribution in [0.25, 0.3) is 16.7 Å². The normalized spacial score (nSPS) is 11.0. The van der Waals surface area contributed by atoms with E-state index in [9.17, 15) is 4.79 Å². The van der Waals surface area contributed by atoms with E-state index >= 15 is 0 Å². The third-order valence-electron chi connectivity index (χ3n) is 3.10. The molecule has 0 spiro atoms. The van der Waals surface area contributed by atoms with Gasteiger partial charge in [0, 0.05) is 0 Å². The molecule has 0 fully saturated rings. The molecule has 0 saturated heterocycles. The standard InChI is InChI=1S/C15H14N2O/c1-10-4-3-5-12(8-10)17-14-7-6-11(2)9-13(14)16-15(17)18/h3-9H,1-2H3,(H,16,18). The number of aryl methyl sites for hydroxylation is 2. The number of imidazole rings is 1. The average molecular weight is 238 g/mol. The molecule has 0 amide bonds. The molecule has 3 heteroatoms. The molecule has 0 atom stereocenters. The summed E-state index contributed by atoms with van der Waals surface area (Å²) in [6, 6.07) is 13.9. The van der Waals surface area contributed by atoms with Crippen molar-refractivity contribution in [2.75, 3.05) is 0 Å². The Labute approximate surface area is 105 Å². The number of nitrogens with one attached hydrogen (secondary N) is 1. The van der Waals surface area contributed by atoms with Crippen molar-refractivity contribution < 1.29 is 0 Å². The lowest BCUT2D eigenvalue weighted by molar-refractivity contribution is 1.01. The molecular formula is C15H14N2O. The summed E-state index contributed by atoms with van der Waals surface area (Å²) in [5.41, 5.74) is 4.87. The van der Waals surface area contributed by atoms with E-state index in [1.165, 1.54) is 0 Å². The topological polar surface area (TPSA) is 37.8 Å². The number of H-pyrrole nitrogens is 1. The third-order valence-corrected chi connectivity index (χ3v) is 3.10. The third kappa shape index (κ3) is 1.64. The quantitative estimate of drug-likeness (QED) is 0.695. The highest BCUT2D eigenvalue weighted by Crippen LogP contribution is 2.17. The highest BCUT2D eigenvalue weighted by atomic mass is 16.1. The van der Waals surface area contributed by atoms with Crippen LogP contribution in [0, 0.1) is 13.8 Å². The molecule has 1 N–H and O–H groups in total. The number of hydrogen-bond donors (Lipinski definition) is 1. The molecule has 2 aromatic carbocycles. The smallest absolute Gasteiger partial charge is 0.305 e. The lowest BCUT2D eigenvalue weighted by Gasteiger charge is -2.04. The Morgan fingerprint density at radius 2 is 1.78 bits per heavy atom. The Balaban J connectivity index is 2.35. The molecular weight excluding hydrogens is 224 g/mol. The first-order valence-corrected chi connectivity index (χ1v) is 5.93. The minimum absolute atomic E-state index is 0.0961. The summed E-state index contributed by atoms with van der Waals surface area (Å²) >= 11 is 0. The zero-order chi connectivity index (χ0) is 12.7. The van der Waals surface area contributed by atoms with Crippen molar-refractivity contribution in [1.82, 2.24) is 9.55 Å². The molecule has 18 heavy (non-hydrogen) atoms. The van der Waals surface area contributed by atoms with Gasteiger partial charge in [0.1, 0.15) is 0 Å². The predicted molar refractivity (Wildman–Crippen MR) is 73.4 cm³/mol. The maximum atomic E-state index is 12.1. The second-order valence-electron chi connectivity index (χ2n) is 4.63. The second-order valence-corrected chi connectivity index (χ2v) is 4.63. The van der Waals surface area contributed by atoms with Gasteiger partial charge in [0.2, 0.25) is 0 Å². The Kier molecular flexibility index (Phi) is 2.33. The van der Waals surface area contributed by atoms with Crippen molar-refractivity contribution >= 4 is 11.0 Å². The zero-order valence-corrected chi connectivity index (χ0v) is 10.4. The molecule has 0 bridgehead atoms. The molecule has 0 aliphatic carbocycles. The van der Waals surface area contributed by atoms with Crippen LogP contribution in [-0.2, 0) is 0 Å². The molecule has 0 unspecified atom stereocenters. The molecule has 90 valence electrons. The van der Waals surface area contributed by atoms with Crippen LogP contribution in [0.15, 0.2) is 47.3 Å². The van der Waals surface area contributed by atoms with Gasteiger partial charge < -0.3 is 4.98 Å². The number of nitrogens with zero attached hydrogens (tertiary/aromatic N) is 1. The number of benzene rings is 2. The molecule has 1 heterocycles. The minimum Gasteiger partial charge on any atom is -0.305 e. The molecule has 1 aromatic heterocycles. The molecule has 3 rings (SSSR count). The minimum atomic E-state index is -0.0961. The van der Waals surface area contributed by atoms with Gasteiger partial charge in [-0.2, -0.15) is 0 Å².